The SMILES string of the molecule is CCC(Nc1c([N+](=O)[O-])c(C)nn1C)c1cccs1. The van der Waals surface area contributed by atoms with Crippen molar-refractivity contribution >= 4 is 22.8 Å². The minimum absolute atomic E-state index is 0.0532. The average Bonchev–Trinajstić information content (AvgIpc) is 2.94. The number of nitrogens with zero attached hydrogens (tertiary/aromatic N) is 3. The van der Waals surface area contributed by atoms with Crippen LogP contribution < -0.4 is 5.32 Å². The van der Waals surface area contributed by atoms with Crippen LogP contribution >= 0.6 is 11.3 Å². The molecule has 2 rings (SSSR count). The molecule has 7 heteroatoms. The van der Waals surface area contributed by atoms with Crippen molar-refractivity contribution in [2.24, 2.45) is 7.05 Å². The lowest BCUT2D eigenvalue weighted by molar-refractivity contribution is -0.384. The number of hydrogen-bond acceptors (Lipinski definition) is 5. The zero-order chi connectivity index (χ0) is 14.0. The molecule has 0 spiro atoms. The molecule has 2 heterocycles. The Bertz CT molecular complexity index is 577. The lowest BCUT2D eigenvalue weighted by Gasteiger charge is -2.16. The Morgan fingerprint density at radius 3 is 2.89 bits per heavy atom. The van der Waals surface area contributed by atoms with Crippen LogP contribution in [0.15, 0.2) is 17.5 Å². The number of anilines is 1. The molecule has 0 fully saturated rings. The fraction of sp³-hybridized carbons (Fsp3) is 0.417. The van der Waals surface area contributed by atoms with E-state index >= 15 is 0 Å². The molecule has 0 aliphatic rings. The van der Waals surface area contributed by atoms with Crippen LogP contribution in [0.25, 0.3) is 0 Å². The third-order valence-electron chi connectivity index (χ3n) is 2.98. The predicted octanol–water partition coefficient (Wildman–Crippen LogP) is 3.26. The van der Waals surface area contributed by atoms with Gasteiger partial charge >= 0.3 is 5.69 Å². The molecule has 0 aliphatic carbocycles. The highest BCUT2D eigenvalue weighted by atomic mass is 32.1. The van der Waals surface area contributed by atoms with E-state index in [0.29, 0.717) is 11.5 Å². The number of thiophene rings is 1. The van der Waals surface area contributed by atoms with Gasteiger partial charge in [-0.1, -0.05) is 13.0 Å². The van der Waals surface area contributed by atoms with E-state index in [1.54, 1.807) is 25.3 Å². The summed E-state index contributed by atoms with van der Waals surface area (Å²) in [6, 6.07) is 4.07. The number of nitrogens with one attached hydrogen (secondary N) is 1. The van der Waals surface area contributed by atoms with Gasteiger partial charge in [-0.15, -0.1) is 11.3 Å². The monoisotopic (exact) mass is 280 g/mol. The van der Waals surface area contributed by atoms with Crippen LogP contribution in [-0.2, 0) is 7.05 Å². The van der Waals surface area contributed by atoms with Gasteiger partial charge in [-0.25, -0.2) is 4.68 Å². The van der Waals surface area contributed by atoms with E-state index in [-0.39, 0.29) is 16.7 Å². The first-order chi connectivity index (χ1) is 9.04. The van der Waals surface area contributed by atoms with Crippen LogP contribution in [0, 0.1) is 17.0 Å². The summed E-state index contributed by atoms with van der Waals surface area (Å²) in [5.41, 5.74) is 0.480. The quantitative estimate of drug-likeness (QED) is 0.674. The molecule has 102 valence electrons. The number of aromatic nitrogens is 2. The first kappa shape index (κ1) is 13.5. The second-order valence-corrected chi connectivity index (χ2v) is 5.26. The molecular formula is C12H16N4O2S. The van der Waals surface area contributed by atoms with Crippen LogP contribution in [0.2, 0.25) is 0 Å². The van der Waals surface area contributed by atoms with Gasteiger partial charge in [0.1, 0.15) is 5.69 Å². The molecule has 2 aromatic rings. The highest BCUT2D eigenvalue weighted by Crippen LogP contribution is 2.32. The Balaban J connectivity index is 2.35. The first-order valence-electron chi connectivity index (χ1n) is 6.02. The van der Waals surface area contributed by atoms with Gasteiger partial charge in [0.25, 0.3) is 0 Å². The van der Waals surface area contributed by atoms with E-state index in [1.807, 2.05) is 24.4 Å². The van der Waals surface area contributed by atoms with Gasteiger partial charge in [-0.05, 0) is 24.8 Å². The summed E-state index contributed by atoms with van der Waals surface area (Å²) < 4.78 is 1.53. The molecule has 0 radical (unpaired) electrons. The fourth-order valence-corrected chi connectivity index (χ4v) is 2.92. The van der Waals surface area contributed by atoms with Gasteiger partial charge in [0.2, 0.25) is 5.82 Å². The second kappa shape index (κ2) is 5.40. The summed E-state index contributed by atoms with van der Waals surface area (Å²) in [4.78, 5) is 11.9. The molecule has 19 heavy (non-hydrogen) atoms. The van der Waals surface area contributed by atoms with E-state index in [2.05, 4.69) is 10.4 Å². The largest absolute Gasteiger partial charge is 0.357 e. The van der Waals surface area contributed by atoms with Gasteiger partial charge in [0, 0.05) is 11.9 Å². The van der Waals surface area contributed by atoms with Crippen LogP contribution in [-0.4, -0.2) is 14.7 Å². The van der Waals surface area contributed by atoms with Gasteiger partial charge < -0.3 is 5.32 Å². The topological polar surface area (TPSA) is 73.0 Å². The molecule has 0 saturated heterocycles. The molecule has 1 N–H and O–H groups in total. The minimum atomic E-state index is -0.383. The van der Waals surface area contributed by atoms with Crippen LogP contribution in [0.5, 0.6) is 0 Å². The van der Waals surface area contributed by atoms with Gasteiger partial charge in [0.15, 0.2) is 0 Å². The van der Waals surface area contributed by atoms with Crippen LogP contribution in [0.1, 0.15) is 30.0 Å². The maximum Gasteiger partial charge on any atom is 0.333 e. The van der Waals surface area contributed by atoms with Crippen molar-refractivity contribution in [2.75, 3.05) is 5.32 Å². The first-order valence-corrected chi connectivity index (χ1v) is 6.90. The lowest BCUT2D eigenvalue weighted by Crippen LogP contribution is -2.12. The molecule has 1 unspecified atom stereocenters. The number of rotatable bonds is 5. The van der Waals surface area contributed by atoms with Crippen molar-refractivity contribution in [3.05, 3.63) is 38.2 Å². The van der Waals surface area contributed by atoms with Crippen LogP contribution in [0.3, 0.4) is 0 Å². The Morgan fingerprint density at radius 1 is 1.63 bits per heavy atom. The van der Waals surface area contributed by atoms with E-state index in [0.717, 1.165) is 11.3 Å². The van der Waals surface area contributed by atoms with Crippen molar-refractivity contribution in [2.45, 2.75) is 26.3 Å². The zero-order valence-corrected chi connectivity index (χ0v) is 11.9. The third-order valence-corrected chi connectivity index (χ3v) is 3.96. The Kier molecular flexibility index (Phi) is 3.84. The summed E-state index contributed by atoms with van der Waals surface area (Å²) in [6.45, 7) is 3.70. The molecule has 0 bridgehead atoms. The summed E-state index contributed by atoms with van der Waals surface area (Å²) >= 11 is 1.64. The maximum absolute atomic E-state index is 11.1. The highest BCUT2D eigenvalue weighted by molar-refractivity contribution is 7.10. The predicted molar refractivity (Wildman–Crippen MR) is 75.6 cm³/mol. The van der Waals surface area contributed by atoms with Crippen molar-refractivity contribution in [3.8, 4) is 0 Å². The molecular weight excluding hydrogens is 264 g/mol. The van der Waals surface area contributed by atoms with Crippen molar-refractivity contribution in [1.29, 1.82) is 0 Å². The summed E-state index contributed by atoms with van der Waals surface area (Å²) in [5.74, 6) is 0.461. The van der Waals surface area contributed by atoms with Crippen molar-refractivity contribution in [1.82, 2.24) is 9.78 Å². The fourth-order valence-electron chi connectivity index (χ4n) is 2.06. The smallest absolute Gasteiger partial charge is 0.333 e. The number of hydrogen-bond donors (Lipinski definition) is 1. The molecule has 6 nitrogen and oxygen atoms in total. The third kappa shape index (κ3) is 2.60. The van der Waals surface area contributed by atoms with Crippen molar-refractivity contribution in [3.63, 3.8) is 0 Å². The Hall–Kier alpha value is -1.89. The molecule has 0 amide bonds. The number of aryl methyl sites for hydroxylation is 2. The standard InChI is InChI=1S/C12H16N4O2S/c1-4-9(10-6-5-7-19-10)13-12-11(16(17)18)8(2)14-15(12)3/h5-7,9,13H,4H2,1-3H3. The van der Waals surface area contributed by atoms with Crippen LogP contribution in [0.4, 0.5) is 11.5 Å². The average molecular weight is 280 g/mol. The van der Waals surface area contributed by atoms with E-state index in [9.17, 15) is 10.1 Å². The molecule has 0 aromatic carbocycles. The minimum Gasteiger partial charge on any atom is -0.357 e. The lowest BCUT2D eigenvalue weighted by atomic mass is 10.2. The number of nitro groups is 1. The molecule has 0 saturated carbocycles. The molecule has 0 aliphatic heterocycles. The Labute approximate surface area is 115 Å². The van der Waals surface area contributed by atoms with E-state index < -0.39 is 0 Å². The summed E-state index contributed by atoms with van der Waals surface area (Å²) in [6.07, 6.45) is 0.849. The van der Waals surface area contributed by atoms with Crippen molar-refractivity contribution < 1.29 is 4.92 Å². The van der Waals surface area contributed by atoms with E-state index in [1.165, 1.54) is 4.68 Å². The normalized spacial score (nSPS) is 12.4. The van der Waals surface area contributed by atoms with Gasteiger partial charge in [-0.3, -0.25) is 10.1 Å². The van der Waals surface area contributed by atoms with E-state index in [4.69, 9.17) is 0 Å². The van der Waals surface area contributed by atoms with Gasteiger partial charge in [0.05, 0.1) is 11.0 Å². The molecule has 1 atom stereocenters. The summed E-state index contributed by atoms with van der Waals surface area (Å²) in [7, 11) is 1.71. The molecule has 2 aromatic heterocycles. The highest BCUT2D eigenvalue weighted by Gasteiger charge is 2.26. The maximum atomic E-state index is 11.1. The Morgan fingerprint density at radius 2 is 2.37 bits per heavy atom. The zero-order valence-electron chi connectivity index (χ0n) is 11.1. The second-order valence-electron chi connectivity index (χ2n) is 4.28. The summed E-state index contributed by atoms with van der Waals surface area (Å²) in [5, 5.41) is 20.5. The van der Waals surface area contributed by atoms with Gasteiger partial charge in [-0.2, -0.15) is 5.10 Å².